The fraction of sp³-hybridized carbons (Fsp3) is 0.367. The Bertz CT molecular complexity index is 1910. The maximum atomic E-state index is 14.6. The number of piperidine rings is 1. The summed E-state index contributed by atoms with van der Waals surface area (Å²) in [6.07, 6.45) is 4.99. The van der Waals surface area contributed by atoms with Gasteiger partial charge >= 0.3 is 0 Å². The van der Waals surface area contributed by atoms with Crippen molar-refractivity contribution in [3.63, 3.8) is 0 Å². The number of benzene rings is 1. The van der Waals surface area contributed by atoms with Crippen molar-refractivity contribution in [2.75, 3.05) is 19.7 Å². The number of carbonyl (C=O) groups is 1. The lowest BCUT2D eigenvalue weighted by atomic mass is 10.1. The Labute approximate surface area is 266 Å². The molecule has 2 aliphatic rings. The molecule has 16 heteroatoms. The third-order valence-electron chi connectivity index (χ3n) is 8.16. The molecule has 0 spiro atoms. The molecule has 0 saturated carbocycles. The quantitative estimate of drug-likeness (QED) is 0.229. The van der Waals surface area contributed by atoms with Gasteiger partial charge in [0.15, 0.2) is 5.82 Å². The van der Waals surface area contributed by atoms with Crippen LogP contribution in [0.25, 0.3) is 22.6 Å². The Morgan fingerprint density at radius 2 is 1.91 bits per heavy atom. The molecule has 0 unspecified atom stereocenters. The first-order chi connectivity index (χ1) is 22.3. The summed E-state index contributed by atoms with van der Waals surface area (Å²) in [5.74, 6) is -0.613. The van der Waals surface area contributed by atoms with E-state index in [2.05, 4.69) is 39.6 Å². The Morgan fingerprint density at radius 3 is 2.63 bits per heavy atom. The number of nitrogens with zero attached hydrogens (tertiary/aromatic N) is 8. The van der Waals surface area contributed by atoms with Crippen LogP contribution < -0.4 is 10.5 Å². The van der Waals surface area contributed by atoms with Crippen molar-refractivity contribution in [3.8, 4) is 17.4 Å². The molecule has 1 aromatic carbocycles. The van der Waals surface area contributed by atoms with Gasteiger partial charge in [0.05, 0.1) is 42.6 Å². The fourth-order valence-corrected chi connectivity index (χ4v) is 5.74. The molecule has 2 aliphatic heterocycles. The topological polar surface area (TPSA) is 163 Å². The predicted octanol–water partition coefficient (Wildman–Crippen LogP) is 3.46. The summed E-state index contributed by atoms with van der Waals surface area (Å²) >= 11 is 5.85. The van der Waals surface area contributed by atoms with Gasteiger partial charge < -0.3 is 24.8 Å². The van der Waals surface area contributed by atoms with Crippen LogP contribution in [0, 0.1) is 11.6 Å². The molecule has 6 heterocycles. The highest BCUT2D eigenvalue weighted by molar-refractivity contribution is 6.30. The van der Waals surface area contributed by atoms with Crippen LogP contribution in [-0.2, 0) is 24.2 Å². The van der Waals surface area contributed by atoms with Gasteiger partial charge in [-0.3, -0.25) is 14.7 Å². The predicted molar refractivity (Wildman–Crippen MR) is 161 cm³/mol. The number of carbonyl (C=O) groups excluding carboxylic acids is 1. The van der Waals surface area contributed by atoms with E-state index >= 15 is 0 Å². The zero-order valence-corrected chi connectivity index (χ0v) is 25.3. The van der Waals surface area contributed by atoms with E-state index in [9.17, 15) is 13.6 Å². The average Bonchev–Trinajstić information content (AvgIpc) is 3.64. The second-order valence-corrected chi connectivity index (χ2v) is 11.7. The highest BCUT2D eigenvalue weighted by Crippen LogP contribution is 2.26. The van der Waals surface area contributed by atoms with Crippen LogP contribution in [0.15, 0.2) is 36.7 Å². The number of H-pyrrole nitrogens is 1. The first kappa shape index (κ1) is 30.1. The minimum Gasteiger partial charge on any atom is -0.472 e. The Hall–Kier alpha value is -4.60. The summed E-state index contributed by atoms with van der Waals surface area (Å²) in [4.78, 5) is 34.2. The van der Waals surface area contributed by atoms with E-state index in [1.807, 2.05) is 0 Å². The number of rotatable bonds is 10. The monoisotopic (exact) mass is 650 g/mol. The van der Waals surface area contributed by atoms with Crippen LogP contribution in [-0.4, -0.2) is 82.4 Å². The van der Waals surface area contributed by atoms with Gasteiger partial charge in [-0.25, -0.2) is 14.4 Å². The Balaban J connectivity index is 1.03. The third-order valence-corrected chi connectivity index (χ3v) is 8.39. The molecule has 2 fully saturated rings. The van der Waals surface area contributed by atoms with Crippen molar-refractivity contribution in [2.24, 2.45) is 5.73 Å². The number of imidazole rings is 1. The summed E-state index contributed by atoms with van der Waals surface area (Å²) in [6, 6.07) is 6.16. The number of pyridine rings is 1. The number of fused-ring (bicyclic) bond motifs is 1. The van der Waals surface area contributed by atoms with Crippen molar-refractivity contribution < 1.29 is 23.0 Å². The minimum atomic E-state index is -0.709. The number of amides is 1. The zero-order valence-electron chi connectivity index (χ0n) is 24.5. The minimum absolute atomic E-state index is 0.0474. The van der Waals surface area contributed by atoms with E-state index in [1.165, 1.54) is 6.07 Å². The number of nitrogens with one attached hydrogen (secondary N) is 1. The number of aromatic amines is 1. The average molecular weight is 651 g/mol. The third kappa shape index (κ3) is 6.38. The number of primary amides is 1. The van der Waals surface area contributed by atoms with E-state index in [0.717, 1.165) is 36.1 Å². The zero-order chi connectivity index (χ0) is 31.8. The van der Waals surface area contributed by atoms with Crippen LogP contribution in [0.2, 0.25) is 5.02 Å². The summed E-state index contributed by atoms with van der Waals surface area (Å²) in [5, 5.41) is 8.04. The lowest BCUT2D eigenvalue weighted by molar-refractivity contribution is -0.0592. The number of hydrogen-bond acceptors (Lipinski definition) is 10. The molecular formula is C30H29ClF2N10O3. The molecule has 46 heavy (non-hydrogen) atoms. The van der Waals surface area contributed by atoms with Gasteiger partial charge in [-0.15, -0.1) is 10.2 Å². The Kier molecular flexibility index (Phi) is 8.27. The number of aromatic nitrogens is 8. The van der Waals surface area contributed by atoms with E-state index in [-0.39, 0.29) is 41.2 Å². The lowest BCUT2D eigenvalue weighted by Gasteiger charge is -2.32. The van der Waals surface area contributed by atoms with E-state index < -0.39 is 17.5 Å². The highest BCUT2D eigenvalue weighted by atomic mass is 35.5. The highest BCUT2D eigenvalue weighted by Gasteiger charge is 2.27. The molecule has 1 amide bonds. The van der Waals surface area contributed by atoms with E-state index in [4.69, 9.17) is 31.8 Å². The second-order valence-electron chi connectivity index (χ2n) is 11.3. The van der Waals surface area contributed by atoms with Gasteiger partial charge in [0.2, 0.25) is 11.6 Å². The van der Waals surface area contributed by atoms with Crippen LogP contribution in [0.4, 0.5) is 8.78 Å². The molecule has 238 valence electrons. The molecule has 2 saturated heterocycles. The van der Waals surface area contributed by atoms with Crippen LogP contribution in [0.1, 0.15) is 47.1 Å². The van der Waals surface area contributed by atoms with Crippen molar-refractivity contribution in [1.29, 1.82) is 0 Å². The van der Waals surface area contributed by atoms with Gasteiger partial charge in [-0.1, -0.05) is 17.7 Å². The lowest BCUT2D eigenvalue weighted by Crippen LogP contribution is -2.39. The molecular weight excluding hydrogens is 622 g/mol. The summed E-state index contributed by atoms with van der Waals surface area (Å²) in [6.45, 7) is 3.36. The summed E-state index contributed by atoms with van der Waals surface area (Å²) in [7, 11) is 0. The largest absolute Gasteiger partial charge is 0.472 e. The molecule has 0 aliphatic carbocycles. The number of halogens is 3. The van der Waals surface area contributed by atoms with Gasteiger partial charge in [-0.05, 0) is 43.0 Å². The number of nitrogens with two attached hydrogens (primary N) is 1. The maximum absolute atomic E-state index is 14.6. The molecule has 5 aromatic rings. The van der Waals surface area contributed by atoms with Gasteiger partial charge in [0.25, 0.3) is 11.8 Å². The van der Waals surface area contributed by atoms with Crippen LogP contribution >= 0.6 is 11.6 Å². The van der Waals surface area contributed by atoms with Gasteiger partial charge in [0.1, 0.15) is 29.3 Å². The molecule has 0 radical (unpaired) electrons. The van der Waals surface area contributed by atoms with Crippen molar-refractivity contribution in [1.82, 2.24) is 44.6 Å². The standard InChI is InChI=1S/C30H29ClF2N10O3/c31-17-2-1-16(20(32)10-17)9-25-36-12-21(33)30(38-25)46-18-3-6-42(7-4-18)15-26-37-22-11-23(28-39-29(27(34)44)41-40-28)35-13-24(22)43(26)14-19-5-8-45-19/h1-2,10-13,18-19H,3-9,14-15H2,(H2,34,44)(H,39,40,41)/t19-/m0/s1. The maximum Gasteiger partial charge on any atom is 0.286 e. The molecule has 3 N–H and O–H groups in total. The first-order valence-corrected chi connectivity index (χ1v) is 15.2. The van der Waals surface area contributed by atoms with Crippen molar-refractivity contribution in [2.45, 2.75) is 51.0 Å². The van der Waals surface area contributed by atoms with Crippen molar-refractivity contribution >= 4 is 28.5 Å². The number of ether oxygens (including phenoxy) is 2. The Morgan fingerprint density at radius 1 is 1.09 bits per heavy atom. The molecule has 1 atom stereocenters. The number of hydrogen-bond donors (Lipinski definition) is 2. The van der Waals surface area contributed by atoms with Gasteiger partial charge in [-0.2, -0.15) is 9.37 Å². The van der Waals surface area contributed by atoms with E-state index in [0.29, 0.717) is 56.1 Å². The molecule has 13 nitrogen and oxygen atoms in total. The first-order valence-electron chi connectivity index (χ1n) is 14.8. The van der Waals surface area contributed by atoms with Gasteiger partial charge in [0, 0.05) is 31.1 Å². The van der Waals surface area contributed by atoms with Crippen LogP contribution in [0.5, 0.6) is 5.88 Å². The molecule has 4 aromatic heterocycles. The summed E-state index contributed by atoms with van der Waals surface area (Å²) in [5.41, 5.74) is 7.72. The number of likely N-dealkylation sites (tertiary alicyclic amines) is 1. The van der Waals surface area contributed by atoms with Crippen molar-refractivity contribution in [3.05, 3.63) is 76.4 Å². The normalized spacial score (nSPS) is 17.3. The molecule has 0 bridgehead atoms. The second kappa shape index (κ2) is 12.7. The van der Waals surface area contributed by atoms with E-state index in [1.54, 1.807) is 24.4 Å². The fourth-order valence-electron chi connectivity index (χ4n) is 5.58. The summed E-state index contributed by atoms with van der Waals surface area (Å²) < 4.78 is 42.7. The smallest absolute Gasteiger partial charge is 0.286 e. The molecule has 7 rings (SSSR count). The SMILES string of the molecule is NC(=O)c1nnc(-c2cc3nc(CN4CCC(Oc5nc(Cc6ccc(Cl)cc6F)ncc5F)CC4)n(C[C@@H]4CCO4)c3cn2)[nH]1. The van der Waals surface area contributed by atoms with Crippen LogP contribution in [0.3, 0.4) is 0 Å².